The molecule has 1 amide bonds. The zero-order valence-corrected chi connectivity index (χ0v) is 16.0. The molecule has 2 aliphatic rings. The van der Waals surface area contributed by atoms with Gasteiger partial charge in [0.2, 0.25) is 6.41 Å². The van der Waals surface area contributed by atoms with Gasteiger partial charge in [-0.05, 0) is 31.6 Å². The van der Waals surface area contributed by atoms with Crippen LogP contribution in [-0.4, -0.2) is 47.7 Å². The molecule has 6 nitrogen and oxygen atoms in total. The molecule has 3 atom stereocenters. The van der Waals surface area contributed by atoms with Crippen LogP contribution >= 0.6 is 0 Å². The molecule has 1 saturated heterocycles. The SMILES string of the molecule is O=CN(OC1CCCCO1)[C@@H](CCC(F)(F)F)[C@@H](CC1CCCCC1)C(=O)O. The Balaban J connectivity index is 2.14. The molecule has 1 aliphatic carbocycles. The van der Waals surface area contributed by atoms with Crippen molar-refractivity contribution < 1.29 is 37.4 Å². The quantitative estimate of drug-likeness (QED) is 0.430. The predicted octanol–water partition coefficient (Wildman–Crippen LogP) is 4.29. The molecule has 1 saturated carbocycles. The van der Waals surface area contributed by atoms with Crippen molar-refractivity contribution >= 4 is 12.4 Å². The lowest BCUT2D eigenvalue weighted by Gasteiger charge is -2.36. The van der Waals surface area contributed by atoms with Crippen molar-refractivity contribution in [2.45, 2.75) is 89.1 Å². The topological polar surface area (TPSA) is 76.1 Å². The molecule has 1 heterocycles. The lowest BCUT2D eigenvalue weighted by molar-refractivity contribution is -0.292. The molecule has 0 spiro atoms. The molecule has 1 aliphatic heterocycles. The number of amides is 1. The van der Waals surface area contributed by atoms with Crippen LogP contribution in [0.3, 0.4) is 0 Å². The molecular weight excluding hydrogens is 379 g/mol. The molecule has 1 N–H and O–H groups in total. The summed E-state index contributed by atoms with van der Waals surface area (Å²) in [6, 6.07) is -1.19. The molecule has 0 aromatic carbocycles. The molecule has 0 aromatic heterocycles. The first-order valence-electron chi connectivity index (χ1n) is 10.1. The number of carbonyl (C=O) groups excluding carboxylic acids is 1. The fourth-order valence-electron chi connectivity index (χ4n) is 4.13. The molecular formula is C19H30F3NO5. The third-order valence-electron chi connectivity index (χ3n) is 5.63. The lowest BCUT2D eigenvalue weighted by Crippen LogP contribution is -2.46. The van der Waals surface area contributed by atoms with E-state index in [1.165, 1.54) is 0 Å². The summed E-state index contributed by atoms with van der Waals surface area (Å²) in [6.07, 6.45) is 0.641. The van der Waals surface area contributed by atoms with Crippen LogP contribution in [0.25, 0.3) is 0 Å². The summed E-state index contributed by atoms with van der Waals surface area (Å²) in [5, 5.41) is 10.5. The van der Waals surface area contributed by atoms with Gasteiger partial charge in [0.15, 0.2) is 6.29 Å². The molecule has 0 radical (unpaired) electrons. The lowest BCUT2D eigenvalue weighted by atomic mass is 9.79. The number of carboxylic acids is 1. The van der Waals surface area contributed by atoms with E-state index < -0.39 is 43.2 Å². The average Bonchev–Trinajstić information content (AvgIpc) is 2.66. The molecule has 0 aromatic rings. The Morgan fingerprint density at radius 1 is 1.18 bits per heavy atom. The number of aliphatic carboxylic acids is 1. The van der Waals surface area contributed by atoms with E-state index in [4.69, 9.17) is 9.57 Å². The highest BCUT2D eigenvalue weighted by atomic mass is 19.4. The van der Waals surface area contributed by atoms with Gasteiger partial charge in [-0.1, -0.05) is 32.1 Å². The summed E-state index contributed by atoms with van der Waals surface area (Å²) in [7, 11) is 0. The number of nitrogens with zero attached hydrogens (tertiary/aromatic N) is 1. The van der Waals surface area contributed by atoms with Gasteiger partial charge in [-0.3, -0.25) is 9.59 Å². The molecule has 2 fully saturated rings. The van der Waals surface area contributed by atoms with E-state index >= 15 is 0 Å². The number of hydroxylamine groups is 2. The van der Waals surface area contributed by atoms with Crippen LogP contribution in [0, 0.1) is 11.8 Å². The minimum absolute atomic E-state index is 0.141. The Labute approximate surface area is 163 Å². The van der Waals surface area contributed by atoms with Gasteiger partial charge in [-0.15, -0.1) is 0 Å². The summed E-state index contributed by atoms with van der Waals surface area (Å²) >= 11 is 0. The number of carboxylic acid groups (broad SMARTS) is 1. The van der Waals surface area contributed by atoms with Gasteiger partial charge in [-0.2, -0.15) is 13.2 Å². The van der Waals surface area contributed by atoms with E-state index in [0.717, 1.165) is 50.0 Å². The fraction of sp³-hybridized carbons (Fsp3) is 0.895. The van der Waals surface area contributed by atoms with Gasteiger partial charge in [0.25, 0.3) is 0 Å². The molecule has 162 valence electrons. The standard InChI is InChI=1S/C19H30F3NO5/c20-19(21,22)10-9-16(23(13-24)28-17-8-4-5-11-27-17)15(18(25)26)12-14-6-2-1-3-7-14/h13-17H,1-12H2,(H,25,26)/t15-,16+,17?/m1/s1. The van der Waals surface area contributed by atoms with Gasteiger partial charge in [0, 0.05) is 19.4 Å². The second-order valence-electron chi connectivity index (χ2n) is 7.77. The second kappa shape index (κ2) is 11.0. The second-order valence-corrected chi connectivity index (χ2v) is 7.77. The van der Waals surface area contributed by atoms with Crippen LogP contribution in [-0.2, 0) is 19.2 Å². The van der Waals surface area contributed by atoms with Crippen molar-refractivity contribution in [1.82, 2.24) is 5.06 Å². The number of carbonyl (C=O) groups is 2. The average molecular weight is 409 g/mol. The Morgan fingerprint density at radius 3 is 2.39 bits per heavy atom. The number of alkyl halides is 3. The first-order valence-corrected chi connectivity index (χ1v) is 10.1. The normalized spacial score (nSPS) is 23.8. The highest BCUT2D eigenvalue weighted by Gasteiger charge is 2.39. The van der Waals surface area contributed by atoms with Gasteiger partial charge >= 0.3 is 12.1 Å². The van der Waals surface area contributed by atoms with Crippen molar-refractivity contribution in [3.8, 4) is 0 Å². The third kappa shape index (κ3) is 7.58. The van der Waals surface area contributed by atoms with Gasteiger partial charge < -0.3 is 9.84 Å². The third-order valence-corrected chi connectivity index (χ3v) is 5.63. The van der Waals surface area contributed by atoms with E-state index in [1.54, 1.807) is 0 Å². The summed E-state index contributed by atoms with van der Waals surface area (Å²) in [5.74, 6) is -2.17. The van der Waals surface area contributed by atoms with Crippen molar-refractivity contribution in [2.75, 3.05) is 6.61 Å². The first kappa shape index (κ1) is 22.9. The predicted molar refractivity (Wildman–Crippen MR) is 94.0 cm³/mol. The minimum atomic E-state index is -4.44. The van der Waals surface area contributed by atoms with Crippen LogP contribution in [0.1, 0.15) is 70.6 Å². The summed E-state index contributed by atoms with van der Waals surface area (Å²) in [5.41, 5.74) is 0. The minimum Gasteiger partial charge on any atom is -0.481 e. The monoisotopic (exact) mass is 409 g/mol. The smallest absolute Gasteiger partial charge is 0.389 e. The van der Waals surface area contributed by atoms with Crippen molar-refractivity contribution in [1.29, 1.82) is 0 Å². The molecule has 2 rings (SSSR count). The highest BCUT2D eigenvalue weighted by Crippen LogP contribution is 2.34. The van der Waals surface area contributed by atoms with Crippen LogP contribution in [0.4, 0.5) is 13.2 Å². The van der Waals surface area contributed by atoms with Crippen LogP contribution in [0.2, 0.25) is 0 Å². The van der Waals surface area contributed by atoms with E-state index in [-0.39, 0.29) is 18.7 Å². The molecule has 28 heavy (non-hydrogen) atoms. The maximum absolute atomic E-state index is 12.8. The summed E-state index contributed by atoms with van der Waals surface area (Å²) < 4.78 is 43.9. The van der Waals surface area contributed by atoms with Crippen LogP contribution in [0.5, 0.6) is 0 Å². The Hall–Kier alpha value is -1.35. The molecule has 9 heteroatoms. The van der Waals surface area contributed by atoms with Crippen molar-refractivity contribution in [3.63, 3.8) is 0 Å². The summed E-state index contributed by atoms with van der Waals surface area (Å²) in [6.45, 7) is 0.439. The maximum atomic E-state index is 12.8. The highest BCUT2D eigenvalue weighted by molar-refractivity contribution is 5.71. The van der Waals surface area contributed by atoms with E-state index in [2.05, 4.69) is 0 Å². The number of hydrogen-bond donors (Lipinski definition) is 1. The number of rotatable bonds is 10. The van der Waals surface area contributed by atoms with Crippen molar-refractivity contribution in [3.05, 3.63) is 0 Å². The number of ether oxygens (including phenoxy) is 1. The largest absolute Gasteiger partial charge is 0.481 e. The molecule has 0 bridgehead atoms. The number of halogens is 3. The Bertz CT molecular complexity index is 490. The van der Waals surface area contributed by atoms with Gasteiger partial charge in [0.1, 0.15) is 0 Å². The van der Waals surface area contributed by atoms with E-state index in [0.29, 0.717) is 13.0 Å². The zero-order valence-electron chi connectivity index (χ0n) is 16.0. The van der Waals surface area contributed by atoms with E-state index in [9.17, 15) is 27.9 Å². The van der Waals surface area contributed by atoms with Gasteiger partial charge in [0.05, 0.1) is 12.0 Å². The fourth-order valence-corrected chi connectivity index (χ4v) is 4.13. The maximum Gasteiger partial charge on any atom is 0.389 e. The summed E-state index contributed by atoms with van der Waals surface area (Å²) in [4.78, 5) is 29.1. The molecule has 1 unspecified atom stereocenters. The Kier molecular flexibility index (Phi) is 9.01. The Morgan fingerprint density at radius 2 is 1.86 bits per heavy atom. The van der Waals surface area contributed by atoms with Crippen LogP contribution in [0.15, 0.2) is 0 Å². The van der Waals surface area contributed by atoms with Gasteiger partial charge in [-0.25, -0.2) is 9.90 Å². The van der Waals surface area contributed by atoms with E-state index in [1.807, 2.05) is 0 Å². The number of hydrogen-bond acceptors (Lipinski definition) is 4. The zero-order chi connectivity index (χ0) is 20.6. The van der Waals surface area contributed by atoms with Crippen LogP contribution < -0.4 is 0 Å². The first-order chi connectivity index (χ1) is 13.3. The van der Waals surface area contributed by atoms with Crippen molar-refractivity contribution in [2.24, 2.45) is 11.8 Å².